The summed E-state index contributed by atoms with van der Waals surface area (Å²) in [6, 6.07) is 8.38. The molecule has 4 nitrogen and oxygen atoms in total. The third kappa shape index (κ3) is 2.85. The van der Waals surface area contributed by atoms with Crippen molar-refractivity contribution in [3.63, 3.8) is 0 Å². The molecule has 0 fully saturated rings. The van der Waals surface area contributed by atoms with E-state index in [4.69, 9.17) is 0 Å². The van der Waals surface area contributed by atoms with Crippen LogP contribution < -0.4 is 5.43 Å². The highest BCUT2D eigenvalue weighted by Gasteiger charge is 2.11. The first kappa shape index (κ1) is 14.7. The van der Waals surface area contributed by atoms with Gasteiger partial charge in [0.25, 0.3) is 0 Å². The molecule has 0 bridgehead atoms. The van der Waals surface area contributed by atoms with E-state index in [2.05, 4.69) is 65.5 Å². The van der Waals surface area contributed by atoms with Crippen LogP contribution in [0.15, 0.2) is 35.7 Å². The van der Waals surface area contributed by atoms with E-state index in [0.29, 0.717) is 0 Å². The van der Waals surface area contributed by atoms with Gasteiger partial charge in [-0.25, -0.2) is 9.97 Å². The minimum Gasteiger partial charge on any atom is -0.261 e. The molecule has 2 heterocycles. The fourth-order valence-corrected chi connectivity index (χ4v) is 3.27. The van der Waals surface area contributed by atoms with Crippen molar-refractivity contribution in [1.82, 2.24) is 9.97 Å². The fourth-order valence-electron chi connectivity index (χ4n) is 2.27. The molecule has 0 unspecified atom stereocenters. The van der Waals surface area contributed by atoms with Crippen LogP contribution >= 0.6 is 11.3 Å². The van der Waals surface area contributed by atoms with Crippen LogP contribution in [-0.2, 0) is 6.42 Å². The standard InChI is InChI=1S/C17H18N4S/c1-4-13-5-7-14(8-6-13)9-20-21-16-15-11(2)12(3)22-17(15)19-10-18-16/h5-10H,4H2,1-3H3,(H,18,19,21). The Bertz CT molecular complexity index is 819. The number of fused-ring (bicyclic) bond motifs is 1. The molecule has 3 aromatic rings. The van der Waals surface area contributed by atoms with Crippen molar-refractivity contribution in [2.75, 3.05) is 5.43 Å². The molecular formula is C17H18N4S. The quantitative estimate of drug-likeness (QED) is 0.577. The first-order valence-corrected chi connectivity index (χ1v) is 8.09. The molecule has 0 aliphatic carbocycles. The second-order valence-corrected chi connectivity index (χ2v) is 6.35. The van der Waals surface area contributed by atoms with Gasteiger partial charge in [0.2, 0.25) is 0 Å². The number of thiophene rings is 1. The van der Waals surface area contributed by atoms with Gasteiger partial charge in [0, 0.05) is 4.88 Å². The van der Waals surface area contributed by atoms with Crippen molar-refractivity contribution in [3.8, 4) is 0 Å². The summed E-state index contributed by atoms with van der Waals surface area (Å²) >= 11 is 1.68. The number of aromatic nitrogens is 2. The summed E-state index contributed by atoms with van der Waals surface area (Å²) in [5.74, 6) is 0.758. The lowest BCUT2D eigenvalue weighted by molar-refractivity contribution is 1.14. The molecule has 22 heavy (non-hydrogen) atoms. The molecule has 0 radical (unpaired) electrons. The van der Waals surface area contributed by atoms with Crippen LogP contribution in [0, 0.1) is 13.8 Å². The molecule has 0 aliphatic rings. The molecule has 0 aliphatic heterocycles. The van der Waals surface area contributed by atoms with Gasteiger partial charge in [-0.05, 0) is 37.0 Å². The van der Waals surface area contributed by atoms with Gasteiger partial charge in [0.1, 0.15) is 11.2 Å². The first-order valence-electron chi connectivity index (χ1n) is 7.27. The second-order valence-electron chi connectivity index (χ2n) is 5.15. The number of hydrogen-bond acceptors (Lipinski definition) is 5. The lowest BCUT2D eigenvalue weighted by Gasteiger charge is -2.02. The van der Waals surface area contributed by atoms with Gasteiger partial charge in [-0.1, -0.05) is 31.2 Å². The Hall–Kier alpha value is -2.27. The zero-order valence-corrected chi connectivity index (χ0v) is 13.7. The Kier molecular flexibility index (Phi) is 4.15. The van der Waals surface area contributed by atoms with E-state index >= 15 is 0 Å². The number of rotatable bonds is 4. The molecule has 1 N–H and O–H groups in total. The summed E-state index contributed by atoms with van der Waals surface area (Å²) in [6.07, 6.45) is 4.43. The van der Waals surface area contributed by atoms with E-state index in [1.165, 1.54) is 16.0 Å². The highest BCUT2D eigenvalue weighted by molar-refractivity contribution is 7.18. The molecule has 5 heteroatoms. The average Bonchev–Trinajstić information content (AvgIpc) is 2.84. The minimum absolute atomic E-state index is 0.758. The lowest BCUT2D eigenvalue weighted by atomic mass is 10.1. The van der Waals surface area contributed by atoms with Crippen LogP contribution in [0.5, 0.6) is 0 Å². The molecule has 0 spiro atoms. The van der Waals surface area contributed by atoms with E-state index in [9.17, 15) is 0 Å². The summed E-state index contributed by atoms with van der Waals surface area (Å²) in [4.78, 5) is 10.9. The number of hydrogen-bond donors (Lipinski definition) is 1. The molecule has 3 rings (SSSR count). The average molecular weight is 310 g/mol. The molecule has 1 aromatic carbocycles. The second kappa shape index (κ2) is 6.23. The summed E-state index contributed by atoms with van der Waals surface area (Å²) in [5, 5.41) is 5.37. The van der Waals surface area contributed by atoms with Crippen LogP contribution in [0.1, 0.15) is 28.5 Å². The van der Waals surface area contributed by atoms with E-state index in [1.54, 1.807) is 17.7 Å². The summed E-state index contributed by atoms with van der Waals surface area (Å²) in [5.41, 5.74) is 6.65. The van der Waals surface area contributed by atoms with Gasteiger partial charge < -0.3 is 0 Å². The van der Waals surface area contributed by atoms with Crippen LogP contribution in [-0.4, -0.2) is 16.2 Å². The third-order valence-corrected chi connectivity index (χ3v) is 4.85. The van der Waals surface area contributed by atoms with Gasteiger partial charge in [0.05, 0.1) is 11.6 Å². The fraction of sp³-hybridized carbons (Fsp3) is 0.235. The van der Waals surface area contributed by atoms with Crippen LogP contribution in [0.25, 0.3) is 10.2 Å². The number of hydrazone groups is 1. The lowest BCUT2D eigenvalue weighted by Crippen LogP contribution is -1.95. The van der Waals surface area contributed by atoms with Gasteiger partial charge in [-0.2, -0.15) is 5.10 Å². The molecule has 0 atom stereocenters. The maximum atomic E-state index is 4.32. The topological polar surface area (TPSA) is 50.2 Å². The van der Waals surface area contributed by atoms with Crippen LogP contribution in [0.3, 0.4) is 0 Å². The molecule has 2 aromatic heterocycles. The van der Waals surface area contributed by atoms with E-state index < -0.39 is 0 Å². The van der Waals surface area contributed by atoms with E-state index in [0.717, 1.165) is 28.0 Å². The minimum atomic E-state index is 0.758. The molecule has 0 saturated heterocycles. The molecule has 0 saturated carbocycles. The Morgan fingerprint density at radius 2 is 1.95 bits per heavy atom. The van der Waals surface area contributed by atoms with Crippen molar-refractivity contribution in [2.24, 2.45) is 5.10 Å². The summed E-state index contributed by atoms with van der Waals surface area (Å²) < 4.78 is 0. The van der Waals surface area contributed by atoms with Gasteiger partial charge in [0.15, 0.2) is 5.82 Å². The van der Waals surface area contributed by atoms with Gasteiger partial charge >= 0.3 is 0 Å². The maximum absolute atomic E-state index is 4.32. The number of nitrogens with zero attached hydrogens (tertiary/aromatic N) is 3. The Labute approximate surface area is 133 Å². The summed E-state index contributed by atoms with van der Waals surface area (Å²) in [6.45, 7) is 6.34. The molecular weight excluding hydrogens is 292 g/mol. The van der Waals surface area contributed by atoms with Crippen molar-refractivity contribution >= 4 is 33.6 Å². The van der Waals surface area contributed by atoms with Crippen LogP contribution in [0.4, 0.5) is 5.82 Å². The Balaban J connectivity index is 1.82. The maximum Gasteiger partial charge on any atom is 0.158 e. The third-order valence-electron chi connectivity index (χ3n) is 3.74. The number of benzene rings is 1. The molecule has 112 valence electrons. The van der Waals surface area contributed by atoms with Crippen LogP contribution in [0.2, 0.25) is 0 Å². The van der Waals surface area contributed by atoms with Crippen molar-refractivity contribution in [2.45, 2.75) is 27.2 Å². The number of aryl methyl sites for hydroxylation is 3. The predicted molar refractivity (Wildman–Crippen MR) is 93.9 cm³/mol. The molecule has 0 amide bonds. The zero-order valence-electron chi connectivity index (χ0n) is 12.9. The van der Waals surface area contributed by atoms with E-state index in [-0.39, 0.29) is 0 Å². The van der Waals surface area contributed by atoms with Crippen molar-refractivity contribution in [1.29, 1.82) is 0 Å². The number of anilines is 1. The number of nitrogens with one attached hydrogen (secondary N) is 1. The Morgan fingerprint density at radius 3 is 2.68 bits per heavy atom. The Morgan fingerprint density at radius 1 is 1.18 bits per heavy atom. The summed E-state index contributed by atoms with van der Waals surface area (Å²) in [7, 11) is 0. The highest BCUT2D eigenvalue weighted by Crippen LogP contribution is 2.32. The normalized spacial score (nSPS) is 11.4. The first-order chi connectivity index (χ1) is 10.7. The monoisotopic (exact) mass is 310 g/mol. The SMILES string of the molecule is CCc1ccc(C=NNc2ncnc3sc(C)c(C)c23)cc1. The largest absolute Gasteiger partial charge is 0.261 e. The van der Waals surface area contributed by atoms with Gasteiger partial charge in [-0.3, -0.25) is 5.43 Å². The predicted octanol–water partition coefficient (Wildman–Crippen LogP) is 4.32. The van der Waals surface area contributed by atoms with E-state index in [1.807, 2.05) is 6.21 Å². The smallest absolute Gasteiger partial charge is 0.158 e. The van der Waals surface area contributed by atoms with Crippen molar-refractivity contribution < 1.29 is 0 Å². The van der Waals surface area contributed by atoms with Crippen molar-refractivity contribution in [3.05, 3.63) is 52.2 Å². The zero-order chi connectivity index (χ0) is 15.5. The van der Waals surface area contributed by atoms with Gasteiger partial charge in [-0.15, -0.1) is 11.3 Å². The highest BCUT2D eigenvalue weighted by atomic mass is 32.1.